The van der Waals surface area contributed by atoms with Crippen LogP contribution in [0.25, 0.3) is 6.08 Å². The number of aliphatic carboxylic acids is 1. The average molecular weight is 273 g/mol. The zero-order valence-corrected chi connectivity index (χ0v) is 10.3. The molecule has 0 amide bonds. The average Bonchev–Trinajstić information content (AvgIpc) is 2.50. The maximum atomic E-state index is 12.0. The van der Waals surface area contributed by atoms with E-state index in [0.29, 0.717) is 10.6 Å². The molecule has 0 radical (unpaired) electrons. The maximum Gasteiger partial charge on any atom is 0.303 e. The zero-order valence-electron chi connectivity index (χ0n) is 8.68. The van der Waals surface area contributed by atoms with Crippen LogP contribution in [0.3, 0.4) is 0 Å². The van der Waals surface area contributed by atoms with Gasteiger partial charge in [0.1, 0.15) is 0 Å². The largest absolute Gasteiger partial charge is 0.481 e. The molecule has 90 valence electrons. The van der Waals surface area contributed by atoms with Crippen molar-refractivity contribution in [3.05, 3.63) is 33.7 Å². The van der Waals surface area contributed by atoms with Crippen LogP contribution in [-0.2, 0) is 14.6 Å². The van der Waals surface area contributed by atoms with Gasteiger partial charge in [-0.15, -0.1) is 0 Å². The first-order chi connectivity index (χ1) is 7.93. The van der Waals surface area contributed by atoms with E-state index < -0.39 is 15.8 Å². The first-order valence-electron chi connectivity index (χ1n) is 4.89. The lowest BCUT2D eigenvalue weighted by Crippen LogP contribution is -2.03. The molecule has 1 aromatic carbocycles. The number of sulfone groups is 1. The van der Waals surface area contributed by atoms with Crippen molar-refractivity contribution in [1.82, 2.24) is 0 Å². The molecular weight excluding hydrogens is 264 g/mol. The number of carboxylic acids is 1. The Bertz CT molecular complexity index is 616. The predicted octanol–water partition coefficient (Wildman–Crippen LogP) is 2.33. The molecule has 1 aromatic rings. The van der Waals surface area contributed by atoms with Crippen molar-refractivity contribution in [2.75, 3.05) is 0 Å². The topological polar surface area (TPSA) is 71.4 Å². The van der Waals surface area contributed by atoms with Gasteiger partial charge in [0.25, 0.3) is 0 Å². The molecule has 2 rings (SSSR count). The highest BCUT2D eigenvalue weighted by Crippen LogP contribution is 2.38. The third-order valence-electron chi connectivity index (χ3n) is 2.54. The van der Waals surface area contributed by atoms with Crippen LogP contribution < -0.4 is 0 Å². The summed E-state index contributed by atoms with van der Waals surface area (Å²) in [4.78, 5) is 10.7. The van der Waals surface area contributed by atoms with Crippen molar-refractivity contribution >= 4 is 33.5 Å². The van der Waals surface area contributed by atoms with Crippen LogP contribution in [0.4, 0.5) is 0 Å². The van der Waals surface area contributed by atoms with E-state index in [1.807, 2.05) is 0 Å². The summed E-state index contributed by atoms with van der Waals surface area (Å²) >= 11 is 5.90. The number of carbonyl (C=O) groups is 1. The normalized spacial score (nSPS) is 16.4. The lowest BCUT2D eigenvalue weighted by atomic mass is 10.2. The van der Waals surface area contributed by atoms with Crippen molar-refractivity contribution in [2.45, 2.75) is 17.7 Å². The Morgan fingerprint density at radius 2 is 2.06 bits per heavy atom. The highest BCUT2D eigenvalue weighted by molar-refractivity contribution is 7.95. The molecule has 1 aliphatic rings. The lowest BCUT2D eigenvalue weighted by Gasteiger charge is -2.02. The van der Waals surface area contributed by atoms with Gasteiger partial charge in [-0.05, 0) is 24.6 Å². The molecule has 17 heavy (non-hydrogen) atoms. The van der Waals surface area contributed by atoms with Gasteiger partial charge in [0, 0.05) is 10.6 Å². The number of hydrogen-bond acceptors (Lipinski definition) is 3. The summed E-state index contributed by atoms with van der Waals surface area (Å²) in [6, 6.07) is 4.64. The molecule has 0 aliphatic carbocycles. The van der Waals surface area contributed by atoms with Crippen molar-refractivity contribution in [2.24, 2.45) is 0 Å². The Labute approximate surface area is 103 Å². The Balaban J connectivity index is 2.44. The summed E-state index contributed by atoms with van der Waals surface area (Å²) in [6.45, 7) is 0. The van der Waals surface area contributed by atoms with Crippen LogP contribution in [0.1, 0.15) is 18.4 Å². The molecule has 0 bridgehead atoms. The molecule has 6 heteroatoms. The van der Waals surface area contributed by atoms with Gasteiger partial charge in [-0.25, -0.2) is 8.42 Å². The van der Waals surface area contributed by atoms with Gasteiger partial charge in [-0.3, -0.25) is 4.79 Å². The van der Waals surface area contributed by atoms with Crippen LogP contribution in [0.15, 0.2) is 28.0 Å². The summed E-state index contributed by atoms with van der Waals surface area (Å²) in [6.07, 6.45) is 1.23. The summed E-state index contributed by atoms with van der Waals surface area (Å²) in [5, 5.41) is 8.93. The molecule has 0 fully saturated rings. The minimum absolute atomic E-state index is 0.0112. The molecule has 0 unspecified atom stereocenters. The van der Waals surface area contributed by atoms with Crippen LogP contribution in [0, 0.1) is 0 Å². The van der Waals surface area contributed by atoms with Crippen LogP contribution in [0.2, 0.25) is 5.02 Å². The van der Waals surface area contributed by atoms with Gasteiger partial charge >= 0.3 is 5.97 Å². The Morgan fingerprint density at radius 1 is 1.35 bits per heavy atom. The van der Waals surface area contributed by atoms with Crippen LogP contribution in [0.5, 0.6) is 0 Å². The standard InChI is InChI=1S/C11H9ClO4S/c12-9-2-1-3-10-8(9)6-7(17(10,15)16)4-5-11(13)14/h1-3,6H,4-5H2,(H,13,14). The number of carboxylic acid groups (broad SMARTS) is 1. The van der Waals surface area contributed by atoms with E-state index in [9.17, 15) is 13.2 Å². The van der Waals surface area contributed by atoms with Gasteiger partial charge in [0.15, 0.2) is 0 Å². The van der Waals surface area contributed by atoms with Crippen molar-refractivity contribution in [1.29, 1.82) is 0 Å². The van der Waals surface area contributed by atoms with Gasteiger partial charge in [-0.1, -0.05) is 17.7 Å². The molecule has 0 spiro atoms. The molecule has 1 N–H and O–H groups in total. The number of benzene rings is 1. The Hall–Kier alpha value is -1.33. The second kappa shape index (κ2) is 4.16. The quantitative estimate of drug-likeness (QED) is 0.917. The Morgan fingerprint density at radius 3 is 2.65 bits per heavy atom. The fourth-order valence-corrected chi connectivity index (χ4v) is 3.64. The van der Waals surface area contributed by atoms with Gasteiger partial charge in [-0.2, -0.15) is 0 Å². The third kappa shape index (κ3) is 2.08. The Kier molecular flexibility index (Phi) is 2.97. The van der Waals surface area contributed by atoms with Crippen molar-refractivity contribution in [3.8, 4) is 0 Å². The first kappa shape index (κ1) is 12.1. The van der Waals surface area contributed by atoms with E-state index in [-0.39, 0.29) is 22.6 Å². The highest BCUT2D eigenvalue weighted by Gasteiger charge is 2.30. The monoisotopic (exact) mass is 272 g/mol. The minimum Gasteiger partial charge on any atom is -0.481 e. The molecule has 4 nitrogen and oxygen atoms in total. The second-order valence-electron chi connectivity index (χ2n) is 3.66. The van der Waals surface area contributed by atoms with Crippen LogP contribution in [-0.4, -0.2) is 19.5 Å². The molecule has 0 saturated heterocycles. The number of fused-ring (bicyclic) bond motifs is 1. The molecule has 0 atom stereocenters. The summed E-state index contributed by atoms with van der Waals surface area (Å²) in [5.74, 6) is -1.02. The minimum atomic E-state index is -3.55. The smallest absolute Gasteiger partial charge is 0.303 e. The molecule has 1 aliphatic heterocycles. The number of rotatable bonds is 3. The molecule has 1 heterocycles. The summed E-state index contributed by atoms with van der Waals surface area (Å²) < 4.78 is 24.1. The van der Waals surface area contributed by atoms with Crippen LogP contribution >= 0.6 is 11.6 Å². The number of halogens is 1. The zero-order chi connectivity index (χ0) is 12.6. The fourth-order valence-electron chi connectivity index (χ4n) is 1.71. The van der Waals surface area contributed by atoms with E-state index in [1.54, 1.807) is 12.1 Å². The van der Waals surface area contributed by atoms with E-state index in [0.717, 1.165) is 0 Å². The van der Waals surface area contributed by atoms with Crippen molar-refractivity contribution in [3.63, 3.8) is 0 Å². The van der Waals surface area contributed by atoms with Gasteiger partial charge < -0.3 is 5.11 Å². The third-order valence-corrected chi connectivity index (χ3v) is 4.82. The fraction of sp³-hybridized carbons (Fsp3) is 0.182. The highest BCUT2D eigenvalue weighted by atomic mass is 35.5. The maximum absolute atomic E-state index is 12.0. The van der Waals surface area contributed by atoms with Gasteiger partial charge in [0.2, 0.25) is 9.84 Å². The van der Waals surface area contributed by atoms with E-state index >= 15 is 0 Å². The number of hydrogen-bond donors (Lipinski definition) is 1. The molecule has 0 saturated carbocycles. The van der Waals surface area contributed by atoms with Crippen molar-refractivity contribution < 1.29 is 18.3 Å². The van der Waals surface area contributed by atoms with E-state index in [4.69, 9.17) is 16.7 Å². The molecular formula is C11H9ClO4S. The SMILES string of the molecule is O=C(O)CCC1=Cc2c(Cl)cccc2S1(=O)=O. The summed E-state index contributed by atoms with van der Waals surface area (Å²) in [7, 11) is -3.55. The van der Waals surface area contributed by atoms with E-state index in [1.165, 1.54) is 12.1 Å². The molecule has 0 aromatic heterocycles. The van der Waals surface area contributed by atoms with E-state index in [2.05, 4.69) is 0 Å². The summed E-state index contributed by atoms with van der Waals surface area (Å²) in [5.41, 5.74) is 0.453. The number of allylic oxidation sites excluding steroid dienone is 1. The van der Waals surface area contributed by atoms with Gasteiger partial charge in [0.05, 0.1) is 16.2 Å². The second-order valence-corrected chi connectivity index (χ2v) is 6.04. The predicted molar refractivity (Wildman–Crippen MR) is 63.5 cm³/mol. The lowest BCUT2D eigenvalue weighted by molar-refractivity contribution is -0.136. The first-order valence-corrected chi connectivity index (χ1v) is 6.75.